The molecule has 1 fully saturated rings. The first-order chi connectivity index (χ1) is 9.27. The van der Waals surface area contributed by atoms with Gasteiger partial charge in [0.1, 0.15) is 0 Å². The molecular formula is C17H31NO. The largest absolute Gasteiger partial charge is 0.378 e. The van der Waals surface area contributed by atoms with E-state index in [1.54, 1.807) is 0 Å². The summed E-state index contributed by atoms with van der Waals surface area (Å²) in [6, 6.07) is 8.63. The highest BCUT2D eigenvalue weighted by Crippen LogP contribution is 2.16. The molecule has 0 aliphatic carbocycles. The van der Waals surface area contributed by atoms with Crippen molar-refractivity contribution in [3.8, 4) is 0 Å². The second-order valence-corrected chi connectivity index (χ2v) is 4.44. The molecule has 1 aliphatic rings. The van der Waals surface area contributed by atoms with Crippen molar-refractivity contribution in [2.75, 3.05) is 31.2 Å². The van der Waals surface area contributed by atoms with Gasteiger partial charge < -0.3 is 9.64 Å². The average Bonchev–Trinajstić information content (AvgIpc) is 2.50. The van der Waals surface area contributed by atoms with Crippen LogP contribution in [0, 0.1) is 6.92 Å². The standard InChI is InChI=1S/C11H15NO.C4H10.C2H6/c1-10-3-2-4-11(9-10)12-5-7-13-8-6-12;1-3-4-2;1-2/h2-4,9H,5-8H2,1H3;3-4H2,1-2H3;1-2H3. The van der Waals surface area contributed by atoms with Gasteiger partial charge in [-0.05, 0) is 24.6 Å². The van der Waals surface area contributed by atoms with Crippen LogP contribution in [0.15, 0.2) is 24.3 Å². The van der Waals surface area contributed by atoms with Gasteiger partial charge in [0.05, 0.1) is 13.2 Å². The Hall–Kier alpha value is -1.02. The first-order valence-electron chi connectivity index (χ1n) is 7.67. The molecule has 0 spiro atoms. The van der Waals surface area contributed by atoms with E-state index in [9.17, 15) is 0 Å². The predicted molar refractivity (Wildman–Crippen MR) is 86.1 cm³/mol. The van der Waals surface area contributed by atoms with Crippen molar-refractivity contribution < 1.29 is 4.74 Å². The Bertz CT molecular complexity index is 304. The van der Waals surface area contributed by atoms with E-state index in [1.807, 2.05) is 13.8 Å². The number of anilines is 1. The molecule has 0 bridgehead atoms. The summed E-state index contributed by atoms with van der Waals surface area (Å²) in [6.07, 6.45) is 2.64. The van der Waals surface area contributed by atoms with Gasteiger partial charge in [-0.3, -0.25) is 0 Å². The smallest absolute Gasteiger partial charge is 0.0642 e. The van der Waals surface area contributed by atoms with E-state index in [4.69, 9.17) is 4.74 Å². The molecule has 110 valence electrons. The van der Waals surface area contributed by atoms with Crippen LogP contribution in [0.1, 0.15) is 46.1 Å². The predicted octanol–water partition coefficient (Wildman–Crippen LogP) is 4.66. The van der Waals surface area contributed by atoms with Gasteiger partial charge in [0.25, 0.3) is 0 Å². The molecule has 0 unspecified atom stereocenters. The first kappa shape index (κ1) is 18.0. The fourth-order valence-corrected chi connectivity index (χ4v) is 1.65. The third-order valence-electron chi connectivity index (χ3n) is 2.88. The van der Waals surface area contributed by atoms with Gasteiger partial charge in [0, 0.05) is 18.8 Å². The molecule has 1 saturated heterocycles. The second-order valence-electron chi connectivity index (χ2n) is 4.44. The van der Waals surface area contributed by atoms with E-state index < -0.39 is 0 Å². The van der Waals surface area contributed by atoms with E-state index in [0.717, 1.165) is 26.3 Å². The quantitative estimate of drug-likeness (QED) is 0.771. The topological polar surface area (TPSA) is 12.5 Å². The van der Waals surface area contributed by atoms with Crippen molar-refractivity contribution >= 4 is 5.69 Å². The molecule has 2 heteroatoms. The molecule has 0 aromatic heterocycles. The van der Waals surface area contributed by atoms with Crippen molar-refractivity contribution in [2.45, 2.75) is 47.5 Å². The highest BCUT2D eigenvalue weighted by molar-refractivity contribution is 5.48. The van der Waals surface area contributed by atoms with Crippen LogP contribution in [0.3, 0.4) is 0 Å². The Morgan fingerprint density at radius 2 is 1.63 bits per heavy atom. The maximum absolute atomic E-state index is 5.31. The van der Waals surface area contributed by atoms with Crippen LogP contribution in [0.4, 0.5) is 5.69 Å². The summed E-state index contributed by atoms with van der Waals surface area (Å²) in [5.74, 6) is 0. The SMILES string of the molecule is CC.CCCC.Cc1cccc(N2CCOCC2)c1. The maximum Gasteiger partial charge on any atom is 0.0642 e. The summed E-state index contributed by atoms with van der Waals surface area (Å²) in [5, 5.41) is 0. The zero-order valence-electron chi connectivity index (χ0n) is 13.4. The monoisotopic (exact) mass is 265 g/mol. The maximum atomic E-state index is 5.31. The molecule has 0 atom stereocenters. The van der Waals surface area contributed by atoms with Crippen LogP contribution in [0.2, 0.25) is 0 Å². The van der Waals surface area contributed by atoms with E-state index in [-0.39, 0.29) is 0 Å². The Kier molecular flexibility index (Phi) is 11.4. The van der Waals surface area contributed by atoms with Gasteiger partial charge >= 0.3 is 0 Å². The summed E-state index contributed by atoms with van der Waals surface area (Å²) in [6.45, 7) is 14.2. The highest BCUT2D eigenvalue weighted by atomic mass is 16.5. The molecular weight excluding hydrogens is 234 g/mol. The number of benzene rings is 1. The first-order valence-corrected chi connectivity index (χ1v) is 7.67. The van der Waals surface area contributed by atoms with Crippen molar-refractivity contribution in [1.29, 1.82) is 0 Å². The zero-order chi connectivity index (χ0) is 14.5. The number of unbranched alkanes of at least 4 members (excludes halogenated alkanes) is 1. The number of ether oxygens (including phenoxy) is 1. The third-order valence-corrected chi connectivity index (χ3v) is 2.88. The van der Waals surface area contributed by atoms with Gasteiger partial charge in [0.15, 0.2) is 0 Å². The minimum absolute atomic E-state index is 0.855. The minimum Gasteiger partial charge on any atom is -0.378 e. The Morgan fingerprint density at radius 1 is 1.05 bits per heavy atom. The number of hydrogen-bond donors (Lipinski definition) is 0. The fraction of sp³-hybridized carbons (Fsp3) is 0.647. The molecule has 19 heavy (non-hydrogen) atoms. The summed E-state index contributed by atoms with van der Waals surface area (Å²) in [7, 11) is 0. The molecule has 1 aliphatic heterocycles. The lowest BCUT2D eigenvalue weighted by Crippen LogP contribution is -2.36. The van der Waals surface area contributed by atoms with Crippen LogP contribution in [-0.4, -0.2) is 26.3 Å². The van der Waals surface area contributed by atoms with Crippen LogP contribution >= 0.6 is 0 Å². The Labute approximate surface area is 119 Å². The van der Waals surface area contributed by atoms with E-state index in [0.29, 0.717) is 0 Å². The van der Waals surface area contributed by atoms with Crippen molar-refractivity contribution in [3.63, 3.8) is 0 Å². The summed E-state index contributed by atoms with van der Waals surface area (Å²) < 4.78 is 5.31. The van der Waals surface area contributed by atoms with Crippen LogP contribution in [-0.2, 0) is 4.74 Å². The summed E-state index contributed by atoms with van der Waals surface area (Å²) in [4.78, 5) is 2.37. The highest BCUT2D eigenvalue weighted by Gasteiger charge is 2.10. The lowest BCUT2D eigenvalue weighted by Gasteiger charge is -2.29. The molecule has 1 aromatic rings. The zero-order valence-corrected chi connectivity index (χ0v) is 13.4. The van der Waals surface area contributed by atoms with Crippen molar-refractivity contribution in [2.24, 2.45) is 0 Å². The summed E-state index contributed by atoms with van der Waals surface area (Å²) in [5.41, 5.74) is 2.65. The molecule has 0 N–H and O–H groups in total. The van der Waals surface area contributed by atoms with Crippen molar-refractivity contribution in [3.05, 3.63) is 29.8 Å². The number of hydrogen-bond acceptors (Lipinski definition) is 2. The van der Waals surface area contributed by atoms with Gasteiger partial charge in [-0.15, -0.1) is 0 Å². The molecule has 0 radical (unpaired) electrons. The molecule has 1 aromatic carbocycles. The minimum atomic E-state index is 0.855. The number of aryl methyl sites for hydroxylation is 1. The van der Waals surface area contributed by atoms with E-state index in [2.05, 4.69) is 49.9 Å². The number of morpholine rings is 1. The van der Waals surface area contributed by atoms with Crippen LogP contribution in [0.5, 0.6) is 0 Å². The van der Waals surface area contributed by atoms with Gasteiger partial charge in [-0.1, -0.05) is 52.7 Å². The molecule has 2 rings (SSSR count). The Morgan fingerprint density at radius 3 is 2.11 bits per heavy atom. The summed E-state index contributed by atoms with van der Waals surface area (Å²) >= 11 is 0. The lowest BCUT2D eigenvalue weighted by atomic mass is 10.2. The number of nitrogens with zero attached hydrogens (tertiary/aromatic N) is 1. The molecule has 1 heterocycles. The molecule has 0 amide bonds. The normalized spacial score (nSPS) is 13.8. The fourth-order valence-electron chi connectivity index (χ4n) is 1.65. The van der Waals surface area contributed by atoms with E-state index in [1.165, 1.54) is 24.1 Å². The van der Waals surface area contributed by atoms with Crippen LogP contribution in [0.25, 0.3) is 0 Å². The van der Waals surface area contributed by atoms with Crippen LogP contribution < -0.4 is 4.90 Å². The average molecular weight is 265 g/mol. The molecule has 0 saturated carbocycles. The number of rotatable bonds is 2. The van der Waals surface area contributed by atoms with E-state index >= 15 is 0 Å². The second kappa shape index (κ2) is 12.0. The Balaban J connectivity index is 0.000000467. The van der Waals surface area contributed by atoms with Gasteiger partial charge in [0.2, 0.25) is 0 Å². The van der Waals surface area contributed by atoms with Crippen molar-refractivity contribution in [1.82, 2.24) is 0 Å². The van der Waals surface area contributed by atoms with Gasteiger partial charge in [-0.25, -0.2) is 0 Å². The van der Waals surface area contributed by atoms with Gasteiger partial charge in [-0.2, -0.15) is 0 Å². The lowest BCUT2D eigenvalue weighted by molar-refractivity contribution is 0.122. The third kappa shape index (κ3) is 7.89. The molecule has 2 nitrogen and oxygen atoms in total.